The van der Waals surface area contributed by atoms with Crippen molar-refractivity contribution in [3.63, 3.8) is 0 Å². The van der Waals surface area contributed by atoms with Crippen LogP contribution in [-0.2, 0) is 0 Å². The first-order chi connectivity index (χ1) is 7.67. The van der Waals surface area contributed by atoms with Gasteiger partial charge in [0, 0.05) is 19.4 Å². The highest BCUT2D eigenvalue weighted by atomic mass is 16.5. The van der Waals surface area contributed by atoms with Gasteiger partial charge in [-0.05, 0) is 6.07 Å². The molecular weight excluding hydrogens is 210 g/mol. The Morgan fingerprint density at radius 2 is 2.44 bits per heavy atom. The monoisotopic (exact) mass is 223 g/mol. The number of carbonyl (C=O) groups is 1. The molecule has 0 spiro atoms. The highest BCUT2D eigenvalue weighted by molar-refractivity contribution is 5.91. The zero-order chi connectivity index (χ0) is 12.0. The number of nitrogens with zero attached hydrogens (tertiary/aromatic N) is 2. The summed E-state index contributed by atoms with van der Waals surface area (Å²) in [6.45, 7) is 0.0771. The van der Waals surface area contributed by atoms with Gasteiger partial charge in [0.2, 0.25) is 0 Å². The first-order valence-electron chi connectivity index (χ1n) is 4.51. The van der Waals surface area contributed by atoms with Crippen molar-refractivity contribution in [2.24, 2.45) is 11.5 Å². The van der Waals surface area contributed by atoms with E-state index in [1.165, 1.54) is 25.5 Å². The molecule has 0 bridgehead atoms. The SMILES string of the molecule is CNC(=O)c1ccnc(OC/C(N)=C/N)n1. The number of hydrogen-bond donors (Lipinski definition) is 3. The van der Waals surface area contributed by atoms with Crippen molar-refractivity contribution in [1.29, 1.82) is 0 Å². The van der Waals surface area contributed by atoms with Crippen molar-refractivity contribution in [1.82, 2.24) is 15.3 Å². The third kappa shape index (κ3) is 3.12. The van der Waals surface area contributed by atoms with Crippen molar-refractivity contribution >= 4 is 5.91 Å². The van der Waals surface area contributed by atoms with Gasteiger partial charge >= 0.3 is 6.01 Å². The molecule has 1 aromatic rings. The average molecular weight is 223 g/mol. The molecular formula is C9H13N5O2. The first-order valence-corrected chi connectivity index (χ1v) is 4.51. The largest absolute Gasteiger partial charge is 0.457 e. The van der Waals surface area contributed by atoms with Crippen LogP contribution in [0, 0.1) is 0 Å². The summed E-state index contributed by atoms with van der Waals surface area (Å²) in [5, 5.41) is 2.44. The van der Waals surface area contributed by atoms with Gasteiger partial charge in [0.1, 0.15) is 12.3 Å². The summed E-state index contributed by atoms with van der Waals surface area (Å²) in [5.41, 5.74) is 11.2. The number of aromatic nitrogens is 2. The second-order valence-electron chi connectivity index (χ2n) is 2.83. The molecule has 0 fully saturated rings. The maximum absolute atomic E-state index is 11.2. The fourth-order valence-corrected chi connectivity index (χ4v) is 0.861. The van der Waals surface area contributed by atoms with Gasteiger partial charge in [0.15, 0.2) is 0 Å². The molecule has 1 rings (SSSR count). The third-order valence-electron chi connectivity index (χ3n) is 1.68. The minimum absolute atomic E-state index is 0.0749. The molecule has 0 unspecified atom stereocenters. The number of nitrogens with two attached hydrogens (primary N) is 2. The predicted octanol–water partition coefficient (Wildman–Crippen LogP) is -1.03. The number of nitrogens with one attached hydrogen (secondary N) is 1. The maximum Gasteiger partial charge on any atom is 0.317 e. The van der Waals surface area contributed by atoms with Crippen LogP contribution in [0.15, 0.2) is 24.2 Å². The summed E-state index contributed by atoms with van der Waals surface area (Å²) < 4.78 is 5.12. The Labute approximate surface area is 92.5 Å². The third-order valence-corrected chi connectivity index (χ3v) is 1.68. The van der Waals surface area contributed by atoms with Crippen LogP contribution in [0.25, 0.3) is 0 Å². The second kappa shape index (κ2) is 5.54. The maximum atomic E-state index is 11.2. The fourth-order valence-electron chi connectivity index (χ4n) is 0.861. The molecule has 0 radical (unpaired) electrons. The van der Waals surface area contributed by atoms with Gasteiger partial charge in [-0.2, -0.15) is 4.98 Å². The lowest BCUT2D eigenvalue weighted by atomic mass is 10.4. The molecule has 5 N–H and O–H groups in total. The smallest absolute Gasteiger partial charge is 0.317 e. The summed E-state index contributed by atoms with van der Waals surface area (Å²) in [7, 11) is 1.51. The standard InChI is InChI=1S/C9H13N5O2/c1-12-8(15)7-2-3-13-9(14-7)16-5-6(11)4-10/h2-4H,5,10-11H2,1H3,(H,12,15)/b6-4-. The summed E-state index contributed by atoms with van der Waals surface area (Å²) in [6.07, 6.45) is 2.65. The number of carbonyl (C=O) groups excluding carboxylic acids is 1. The molecule has 0 aliphatic carbocycles. The molecule has 0 saturated carbocycles. The van der Waals surface area contributed by atoms with Gasteiger partial charge in [-0.15, -0.1) is 0 Å². The second-order valence-corrected chi connectivity index (χ2v) is 2.83. The molecule has 0 aromatic carbocycles. The lowest BCUT2D eigenvalue weighted by Gasteiger charge is -2.04. The van der Waals surface area contributed by atoms with E-state index in [1.807, 2.05) is 0 Å². The van der Waals surface area contributed by atoms with Gasteiger partial charge in [-0.1, -0.05) is 0 Å². The van der Waals surface area contributed by atoms with Crippen LogP contribution < -0.4 is 21.5 Å². The Hall–Kier alpha value is -2.31. The average Bonchev–Trinajstić information content (AvgIpc) is 2.35. The summed E-state index contributed by atoms with van der Waals surface area (Å²) >= 11 is 0. The van der Waals surface area contributed by atoms with Crippen molar-refractivity contribution in [2.75, 3.05) is 13.7 Å². The molecule has 86 valence electrons. The zero-order valence-electron chi connectivity index (χ0n) is 8.80. The number of rotatable bonds is 4. The molecule has 0 aliphatic rings. The van der Waals surface area contributed by atoms with Crippen LogP contribution in [0.2, 0.25) is 0 Å². The van der Waals surface area contributed by atoms with E-state index in [0.29, 0.717) is 5.70 Å². The van der Waals surface area contributed by atoms with Crippen molar-refractivity contribution in [3.05, 3.63) is 29.9 Å². The van der Waals surface area contributed by atoms with Crippen molar-refractivity contribution < 1.29 is 9.53 Å². The topological polar surface area (TPSA) is 116 Å². The lowest BCUT2D eigenvalue weighted by molar-refractivity contribution is 0.0956. The van der Waals surface area contributed by atoms with Gasteiger partial charge in [0.25, 0.3) is 5.91 Å². The van der Waals surface area contributed by atoms with Gasteiger partial charge < -0.3 is 21.5 Å². The summed E-state index contributed by atoms with van der Waals surface area (Å²) in [4.78, 5) is 19.0. The van der Waals surface area contributed by atoms with E-state index in [9.17, 15) is 4.79 Å². The molecule has 0 saturated heterocycles. The Morgan fingerprint density at radius 1 is 1.69 bits per heavy atom. The highest BCUT2D eigenvalue weighted by Gasteiger charge is 2.07. The van der Waals surface area contributed by atoms with E-state index in [4.69, 9.17) is 16.2 Å². The Balaban J connectivity index is 2.71. The molecule has 1 heterocycles. The van der Waals surface area contributed by atoms with Crippen LogP contribution in [0.1, 0.15) is 10.5 Å². The predicted molar refractivity (Wildman–Crippen MR) is 57.4 cm³/mol. The molecule has 1 aromatic heterocycles. The van der Waals surface area contributed by atoms with Gasteiger partial charge in [-0.3, -0.25) is 4.79 Å². The van der Waals surface area contributed by atoms with Crippen molar-refractivity contribution in [2.45, 2.75) is 0 Å². The minimum atomic E-state index is -0.311. The molecule has 0 aliphatic heterocycles. The Kier molecular flexibility index (Phi) is 4.07. The van der Waals surface area contributed by atoms with Crippen LogP contribution >= 0.6 is 0 Å². The van der Waals surface area contributed by atoms with E-state index in [-0.39, 0.29) is 24.2 Å². The highest BCUT2D eigenvalue weighted by Crippen LogP contribution is 2.03. The molecule has 0 atom stereocenters. The van der Waals surface area contributed by atoms with Crippen LogP contribution in [0.5, 0.6) is 6.01 Å². The Morgan fingerprint density at radius 3 is 3.06 bits per heavy atom. The molecule has 1 amide bonds. The van der Waals surface area contributed by atoms with Gasteiger partial charge in [-0.25, -0.2) is 4.98 Å². The minimum Gasteiger partial charge on any atom is -0.457 e. The van der Waals surface area contributed by atoms with Crippen LogP contribution in [-0.4, -0.2) is 29.5 Å². The number of ether oxygens (including phenoxy) is 1. The number of hydrogen-bond acceptors (Lipinski definition) is 6. The number of amides is 1. The molecule has 7 heteroatoms. The van der Waals surface area contributed by atoms with E-state index < -0.39 is 0 Å². The van der Waals surface area contributed by atoms with E-state index in [2.05, 4.69) is 15.3 Å². The summed E-state index contributed by atoms with van der Waals surface area (Å²) in [6, 6.07) is 1.55. The zero-order valence-corrected chi connectivity index (χ0v) is 8.80. The van der Waals surface area contributed by atoms with E-state index in [1.54, 1.807) is 0 Å². The molecule has 16 heavy (non-hydrogen) atoms. The first kappa shape index (κ1) is 11.8. The Bertz CT molecular complexity index is 405. The fraction of sp³-hybridized carbons (Fsp3) is 0.222. The lowest BCUT2D eigenvalue weighted by Crippen LogP contribution is -2.20. The van der Waals surface area contributed by atoms with Crippen LogP contribution in [0.4, 0.5) is 0 Å². The van der Waals surface area contributed by atoms with Gasteiger partial charge in [0.05, 0.1) is 5.70 Å². The summed E-state index contributed by atoms with van der Waals surface area (Å²) in [5.74, 6) is -0.311. The van der Waals surface area contributed by atoms with Crippen molar-refractivity contribution in [3.8, 4) is 6.01 Å². The normalized spacial score (nSPS) is 10.9. The molecule has 7 nitrogen and oxygen atoms in total. The van der Waals surface area contributed by atoms with E-state index >= 15 is 0 Å². The quantitative estimate of drug-likeness (QED) is 0.601. The van der Waals surface area contributed by atoms with E-state index in [0.717, 1.165) is 0 Å². The van der Waals surface area contributed by atoms with Crippen LogP contribution in [0.3, 0.4) is 0 Å².